The number of ether oxygens (including phenoxy) is 3. The van der Waals surface area contributed by atoms with Gasteiger partial charge in [-0.05, 0) is 132 Å². The summed E-state index contributed by atoms with van der Waals surface area (Å²) in [5.41, 5.74) is 23.9. The number of Topliss-reactive ketones (excluding diaryl/α,β-unsaturated/α-hetero) is 2. The standard InChI is InChI=1S/C72H126N17O15P3/c1-11-58(28-22-33-79-71(73)74)69(94)82-64(41-57-26-18-15-19-27-57)66(91)42-59(40-56-24-16-14-17-25-56)70(95)81-63(29-23-34-80-72(75)76)65(90)30-20-12-13-21-31-67(92)78-35-32-68(93)86-36-38-87(39-37-86)106(97,83(6)7)100-51-62-48-89(45-55(4)104-62)107(98,84(8)9)101-50-61-47-88(44-54(3)103-61)105(96,52-77-5)99-49-60-46-85(10)43-53(2)102-60/h14-19,24-27,53-55,58-64,77H,11-13,20-23,28-52H2,1-10H3,(H,78,92)(H,81,95)(H,82,94)(H4,73,74,79)(H4,75,76,80). The van der Waals surface area contributed by atoms with Crippen LogP contribution in [0.3, 0.4) is 0 Å². The zero-order valence-electron chi connectivity index (χ0n) is 65.0. The number of unbranched alkanes of at least 4 members (excludes halogenated alkanes) is 3. The van der Waals surface area contributed by atoms with Crippen LogP contribution >= 0.6 is 22.9 Å². The van der Waals surface area contributed by atoms with Gasteiger partial charge in [0.15, 0.2) is 23.5 Å². The minimum atomic E-state index is -3.73. The molecule has 12 N–H and O–H groups in total. The van der Waals surface area contributed by atoms with Gasteiger partial charge in [0, 0.05) is 123 Å². The van der Waals surface area contributed by atoms with Crippen LogP contribution in [-0.4, -0.2) is 282 Å². The van der Waals surface area contributed by atoms with Gasteiger partial charge < -0.3 is 81.8 Å². The predicted molar refractivity (Wildman–Crippen MR) is 415 cm³/mol. The smallest absolute Gasteiger partial charge is 0.345 e. The molecule has 4 saturated heterocycles. The van der Waals surface area contributed by atoms with Crippen molar-refractivity contribution >= 4 is 70.0 Å². The van der Waals surface area contributed by atoms with Crippen molar-refractivity contribution in [1.29, 1.82) is 0 Å². The minimum absolute atomic E-state index is 0.0214. The number of amides is 4. The molecule has 107 heavy (non-hydrogen) atoms. The summed E-state index contributed by atoms with van der Waals surface area (Å²) >= 11 is 0. The Balaban J connectivity index is 0.937. The first-order valence-electron chi connectivity index (χ1n) is 38.0. The van der Waals surface area contributed by atoms with Gasteiger partial charge in [-0.3, -0.25) is 52.4 Å². The third-order valence-electron chi connectivity index (χ3n) is 19.5. The van der Waals surface area contributed by atoms with Crippen LogP contribution in [0, 0.1) is 11.8 Å². The van der Waals surface area contributed by atoms with Crippen molar-refractivity contribution in [3.05, 3.63) is 71.8 Å². The van der Waals surface area contributed by atoms with Gasteiger partial charge in [-0.15, -0.1) is 0 Å². The zero-order valence-corrected chi connectivity index (χ0v) is 67.7. The molecular weight excluding hydrogens is 1440 g/mol. The second kappa shape index (κ2) is 45.6. The Morgan fingerprint density at radius 3 is 1.62 bits per heavy atom. The molecule has 0 aromatic heterocycles. The molecule has 13 atom stereocenters. The van der Waals surface area contributed by atoms with E-state index in [2.05, 4.69) is 36.2 Å². The first-order valence-corrected chi connectivity index (χ1v) is 42.8. The molecule has 13 unspecified atom stereocenters. The molecule has 4 fully saturated rings. The maximum Gasteiger partial charge on any atom is 0.345 e. The van der Waals surface area contributed by atoms with E-state index >= 15 is 4.57 Å². The molecule has 4 amide bonds. The van der Waals surface area contributed by atoms with Crippen LogP contribution in [0.2, 0.25) is 0 Å². The molecule has 2 aromatic rings. The maximum absolute atomic E-state index is 15.0. The number of carbonyl (C=O) groups excluding carboxylic acids is 6. The highest BCUT2D eigenvalue weighted by Crippen LogP contribution is 2.56. The number of piperazine rings is 1. The second-order valence-corrected chi connectivity index (χ2v) is 36.7. The number of nitrogens with two attached hydrogens (primary N) is 4. The Morgan fingerprint density at radius 1 is 0.570 bits per heavy atom. The van der Waals surface area contributed by atoms with E-state index in [9.17, 15) is 37.9 Å². The molecule has 4 heterocycles. The molecule has 6 rings (SSSR count). The predicted octanol–water partition coefficient (Wildman–Crippen LogP) is 4.37. The summed E-state index contributed by atoms with van der Waals surface area (Å²) < 4.78 is 90.5. The lowest BCUT2D eigenvalue weighted by Gasteiger charge is -2.44. The van der Waals surface area contributed by atoms with Gasteiger partial charge in [-0.1, -0.05) is 80.4 Å². The third-order valence-corrected chi connectivity index (χ3v) is 27.1. The number of morpholine rings is 3. The van der Waals surface area contributed by atoms with Crippen LogP contribution in [0.5, 0.6) is 0 Å². The third kappa shape index (κ3) is 30.2. The molecule has 2 aromatic carbocycles. The van der Waals surface area contributed by atoms with Crippen molar-refractivity contribution < 1.29 is 70.2 Å². The lowest BCUT2D eigenvalue weighted by atomic mass is 9.88. The monoisotopic (exact) mass is 1560 g/mol. The summed E-state index contributed by atoms with van der Waals surface area (Å²) in [4.78, 5) is 95.5. The maximum atomic E-state index is 15.0. The lowest BCUT2D eigenvalue weighted by molar-refractivity contribution is -0.134. The largest absolute Gasteiger partial charge is 0.370 e. The van der Waals surface area contributed by atoms with Gasteiger partial charge in [-0.25, -0.2) is 23.4 Å². The molecule has 0 bridgehead atoms. The highest BCUT2D eigenvalue weighted by Gasteiger charge is 2.46. The van der Waals surface area contributed by atoms with E-state index in [4.69, 9.17) is 50.7 Å². The van der Waals surface area contributed by atoms with Crippen molar-refractivity contribution in [2.24, 2.45) is 44.8 Å². The second-order valence-electron chi connectivity index (χ2n) is 29.1. The highest BCUT2D eigenvalue weighted by atomic mass is 31.2. The molecule has 35 heteroatoms. The van der Waals surface area contributed by atoms with Gasteiger partial charge in [0.1, 0.15) is 0 Å². The number of hydrogen-bond acceptors (Lipinski definition) is 19. The van der Waals surface area contributed by atoms with E-state index < -0.39 is 71.0 Å². The molecule has 0 radical (unpaired) electrons. The molecule has 0 spiro atoms. The topological polar surface area (TPSA) is 409 Å². The van der Waals surface area contributed by atoms with Gasteiger partial charge in [0.2, 0.25) is 23.6 Å². The first-order chi connectivity index (χ1) is 50.9. The van der Waals surface area contributed by atoms with Gasteiger partial charge >= 0.3 is 15.3 Å². The Morgan fingerprint density at radius 2 is 1.07 bits per heavy atom. The van der Waals surface area contributed by atoms with Crippen LogP contribution in [0.15, 0.2) is 70.6 Å². The summed E-state index contributed by atoms with van der Waals surface area (Å²) in [5.74, 6) is -3.06. The average molecular weight is 1560 g/mol. The minimum Gasteiger partial charge on any atom is -0.370 e. The highest BCUT2D eigenvalue weighted by molar-refractivity contribution is 7.56. The molecule has 0 aliphatic carbocycles. The van der Waals surface area contributed by atoms with E-state index in [1.807, 2.05) is 100 Å². The van der Waals surface area contributed by atoms with Gasteiger partial charge in [0.05, 0.1) is 74.8 Å². The number of nitrogens with one attached hydrogen (secondary N) is 4. The van der Waals surface area contributed by atoms with Crippen molar-refractivity contribution in [3.8, 4) is 0 Å². The summed E-state index contributed by atoms with van der Waals surface area (Å²) in [7, 11) is -0.308. The average Bonchev–Trinajstić information content (AvgIpc) is 0.795. The summed E-state index contributed by atoms with van der Waals surface area (Å²) in [6, 6.07) is 16.8. The summed E-state index contributed by atoms with van der Waals surface area (Å²) in [6.45, 7) is 12.0. The van der Waals surface area contributed by atoms with Crippen LogP contribution in [0.4, 0.5) is 0 Å². The fourth-order valence-corrected chi connectivity index (χ4v) is 20.1. The molecule has 0 saturated carbocycles. The van der Waals surface area contributed by atoms with E-state index in [1.54, 1.807) is 58.8 Å². The van der Waals surface area contributed by atoms with Crippen molar-refractivity contribution in [3.63, 3.8) is 0 Å². The molecule has 4 aliphatic heterocycles. The summed E-state index contributed by atoms with van der Waals surface area (Å²) in [5, 5.41) is 11.9. The number of hydrogen-bond donors (Lipinski definition) is 8. The van der Waals surface area contributed by atoms with Crippen molar-refractivity contribution in [1.82, 2.24) is 54.4 Å². The Kier molecular flexibility index (Phi) is 38.5. The van der Waals surface area contributed by atoms with Gasteiger partial charge in [-0.2, -0.15) is 0 Å². The molecular formula is C72H126N17O15P3. The first kappa shape index (κ1) is 90.3. The Hall–Kier alpha value is -5.63. The SMILES string of the molecule is CCC(CCCN=C(N)N)C(=O)NC(Cc1ccccc1)C(=O)CC(Cc1ccccc1)C(=O)NC(CCCN=C(N)N)C(=O)CCCCCCC(=O)NCCC(=O)N1CCN(P(=O)(OCC2CN(P(=O)(OCC3CN(P(=O)(CNC)OCC4CN(C)CC(C)O4)CC(C)O3)N(C)C)CC(C)O2)N(C)C)CC1. The van der Waals surface area contributed by atoms with E-state index in [0.717, 1.165) is 17.7 Å². The number of aliphatic imine (C=N–C) groups is 2. The van der Waals surface area contributed by atoms with E-state index in [-0.39, 0.29) is 189 Å². The van der Waals surface area contributed by atoms with Crippen LogP contribution < -0.4 is 44.2 Å². The fraction of sp³-hybridized carbons (Fsp3) is 0.722. The number of benzene rings is 2. The number of carbonyl (C=O) groups is 6. The Bertz CT molecular complexity index is 3290. The number of rotatable bonds is 47. The van der Waals surface area contributed by atoms with Crippen LogP contribution in [0.25, 0.3) is 0 Å². The van der Waals surface area contributed by atoms with E-state index in [0.29, 0.717) is 71.0 Å². The fourth-order valence-electron chi connectivity index (χ4n) is 13.9. The molecule has 4 aliphatic rings. The van der Waals surface area contributed by atoms with Gasteiger partial charge in [0.25, 0.3) is 7.52 Å². The normalized spacial score (nSPS) is 22.8. The number of nitrogens with zero attached hydrogens (tertiary/aromatic N) is 9. The van der Waals surface area contributed by atoms with Crippen molar-refractivity contribution in [2.45, 2.75) is 173 Å². The quantitative estimate of drug-likeness (QED) is 0.0197. The summed E-state index contributed by atoms with van der Waals surface area (Å²) in [6.07, 6.45) is 3.14. The zero-order chi connectivity index (χ0) is 78.3. The van der Waals surface area contributed by atoms with Crippen molar-refractivity contribution in [2.75, 3.05) is 153 Å². The van der Waals surface area contributed by atoms with Crippen LogP contribution in [-0.2, 0) is 83.1 Å². The number of guanidine groups is 2. The van der Waals surface area contributed by atoms with Crippen LogP contribution in [0.1, 0.15) is 122 Å². The Labute approximate surface area is 634 Å². The van der Waals surface area contributed by atoms with E-state index in [1.165, 1.54) is 0 Å². The number of likely N-dealkylation sites (N-methyl/N-ethyl adjacent to an activating group) is 1. The number of ketones is 2. The lowest BCUT2D eigenvalue weighted by Crippen LogP contribution is -2.51. The molecule has 32 nitrogen and oxygen atoms in total. The molecule has 604 valence electrons.